The molecule has 0 bridgehead atoms. The van der Waals surface area contributed by atoms with Gasteiger partial charge in [-0.1, -0.05) is 109 Å². The van der Waals surface area contributed by atoms with Crippen molar-refractivity contribution in [2.45, 2.75) is 0 Å². The van der Waals surface area contributed by atoms with Crippen LogP contribution in [0.4, 0.5) is 0 Å². The van der Waals surface area contributed by atoms with Gasteiger partial charge in [0.15, 0.2) is 0 Å². The number of benzene rings is 8. The zero-order valence-corrected chi connectivity index (χ0v) is 31.5. The molecule has 0 unspecified atom stereocenters. The molecule has 5 heteroatoms. The van der Waals surface area contributed by atoms with Crippen molar-refractivity contribution in [3.8, 4) is 22.6 Å². The zero-order chi connectivity index (χ0) is 36.5. The smallest absolute Gasteiger partial charge is 0.138 e. The highest BCUT2D eigenvalue weighted by Gasteiger charge is 2.23. The molecule has 0 atom stereocenters. The predicted molar refractivity (Wildman–Crippen MR) is 242 cm³/mol. The molecular formula is C51H29N3S2. The minimum atomic E-state index is 0.936. The van der Waals surface area contributed by atoms with Crippen molar-refractivity contribution in [2.75, 3.05) is 0 Å². The number of hydrogen-bond donors (Lipinski definition) is 0. The topological polar surface area (TPSA) is 22.8 Å². The van der Waals surface area contributed by atoms with E-state index in [1.165, 1.54) is 101 Å². The molecule has 8 aromatic carbocycles. The standard InChI is InChI=1S/C51H29N3S2/c1-2-13-32(14-3-1)53-41-19-9-6-16-34(41)39-27-37(51-49(50(39)53)36-18-8-11-21-45(36)56-51)31-23-24-42-40(26-31)48-33-15-5-4-12-30(33)22-25-43(48)54(42)47-28-38-35-17-7-10-20-44(35)55-46(38)29-52-47/h1-29H. The largest absolute Gasteiger partial charge is 0.309 e. The van der Waals surface area contributed by atoms with Gasteiger partial charge in [0.25, 0.3) is 0 Å². The van der Waals surface area contributed by atoms with Gasteiger partial charge in [0.2, 0.25) is 0 Å². The van der Waals surface area contributed by atoms with Gasteiger partial charge in [0.1, 0.15) is 5.82 Å². The third-order valence-corrected chi connectivity index (χ3v) is 14.1. The highest BCUT2D eigenvalue weighted by atomic mass is 32.1. The summed E-state index contributed by atoms with van der Waals surface area (Å²) in [5, 5.41) is 12.6. The lowest BCUT2D eigenvalue weighted by atomic mass is 9.97. The molecule has 0 spiro atoms. The minimum absolute atomic E-state index is 0.936. The number of pyridine rings is 1. The van der Waals surface area contributed by atoms with E-state index in [9.17, 15) is 0 Å². The summed E-state index contributed by atoms with van der Waals surface area (Å²) in [5.41, 5.74) is 8.45. The lowest BCUT2D eigenvalue weighted by molar-refractivity contribution is 1.09. The van der Waals surface area contributed by atoms with E-state index < -0.39 is 0 Å². The fourth-order valence-corrected chi connectivity index (χ4v) is 11.6. The second kappa shape index (κ2) is 11.4. The summed E-state index contributed by atoms with van der Waals surface area (Å²) in [5.74, 6) is 0.936. The van der Waals surface area contributed by atoms with Crippen LogP contribution in [-0.2, 0) is 0 Å². The quantitative estimate of drug-likeness (QED) is 0.176. The summed E-state index contributed by atoms with van der Waals surface area (Å²) >= 11 is 3.71. The maximum atomic E-state index is 5.13. The minimum Gasteiger partial charge on any atom is -0.309 e. The molecule has 0 aliphatic heterocycles. The Bertz CT molecular complexity index is 3770. The molecule has 0 aliphatic rings. The summed E-state index contributed by atoms with van der Waals surface area (Å²) in [4.78, 5) is 5.13. The molecule has 13 rings (SSSR count). The van der Waals surface area contributed by atoms with Crippen LogP contribution in [-0.4, -0.2) is 14.1 Å². The third-order valence-electron chi connectivity index (χ3n) is 11.7. The van der Waals surface area contributed by atoms with E-state index in [2.05, 4.69) is 185 Å². The molecule has 13 aromatic rings. The lowest BCUT2D eigenvalue weighted by Crippen LogP contribution is -1.96. The van der Waals surface area contributed by atoms with E-state index in [0.29, 0.717) is 0 Å². The average Bonchev–Trinajstić information content (AvgIpc) is 4.01. The Morgan fingerprint density at radius 3 is 1.98 bits per heavy atom. The fraction of sp³-hybridized carbons (Fsp3) is 0. The van der Waals surface area contributed by atoms with Crippen molar-refractivity contribution in [1.82, 2.24) is 14.1 Å². The molecule has 0 radical (unpaired) electrons. The maximum absolute atomic E-state index is 5.13. The molecule has 0 amide bonds. The monoisotopic (exact) mass is 747 g/mol. The van der Waals surface area contributed by atoms with E-state index in [1.54, 1.807) is 0 Å². The Balaban J connectivity index is 1.15. The van der Waals surface area contributed by atoms with Crippen LogP contribution in [0.25, 0.3) is 117 Å². The molecule has 56 heavy (non-hydrogen) atoms. The van der Waals surface area contributed by atoms with Crippen LogP contribution in [0, 0.1) is 0 Å². The van der Waals surface area contributed by atoms with Gasteiger partial charge in [-0.3, -0.25) is 4.57 Å². The molecular weight excluding hydrogens is 719 g/mol. The SMILES string of the molecule is c1ccc(-n2c3ccccc3c3cc(-c4ccc5c(c4)c4c6ccccc6ccc4n5-c4cc5c(cn4)sc4ccccc45)c4sc5ccccc5c4c32)cc1. The maximum Gasteiger partial charge on any atom is 0.138 e. The first kappa shape index (κ1) is 30.5. The van der Waals surface area contributed by atoms with Gasteiger partial charge in [0, 0.05) is 74.6 Å². The van der Waals surface area contributed by atoms with Crippen LogP contribution < -0.4 is 0 Å². The van der Waals surface area contributed by atoms with Crippen LogP contribution >= 0.6 is 22.7 Å². The van der Waals surface area contributed by atoms with Crippen molar-refractivity contribution in [1.29, 1.82) is 0 Å². The van der Waals surface area contributed by atoms with Crippen LogP contribution in [0.3, 0.4) is 0 Å². The summed E-state index contributed by atoms with van der Waals surface area (Å²) < 4.78 is 9.95. The molecule has 260 valence electrons. The van der Waals surface area contributed by atoms with Crippen molar-refractivity contribution in [2.24, 2.45) is 0 Å². The molecule has 0 N–H and O–H groups in total. The molecule has 0 saturated carbocycles. The number of fused-ring (bicyclic) bond motifs is 15. The average molecular weight is 748 g/mol. The normalized spacial score (nSPS) is 12.3. The number of para-hydroxylation sites is 2. The second-order valence-electron chi connectivity index (χ2n) is 14.7. The number of thiophene rings is 2. The number of rotatable bonds is 3. The van der Waals surface area contributed by atoms with Crippen LogP contribution in [0.15, 0.2) is 176 Å². The molecule has 5 aromatic heterocycles. The van der Waals surface area contributed by atoms with Crippen molar-refractivity contribution in [3.63, 3.8) is 0 Å². The Morgan fingerprint density at radius 2 is 1.11 bits per heavy atom. The van der Waals surface area contributed by atoms with E-state index in [4.69, 9.17) is 4.98 Å². The van der Waals surface area contributed by atoms with E-state index in [1.807, 2.05) is 22.7 Å². The second-order valence-corrected chi connectivity index (χ2v) is 16.8. The molecule has 3 nitrogen and oxygen atoms in total. The zero-order valence-electron chi connectivity index (χ0n) is 29.9. The van der Waals surface area contributed by atoms with Crippen molar-refractivity contribution < 1.29 is 0 Å². The third kappa shape index (κ3) is 4.13. The van der Waals surface area contributed by atoms with Gasteiger partial charge in [-0.2, -0.15) is 0 Å². The van der Waals surface area contributed by atoms with Gasteiger partial charge in [0.05, 0.1) is 26.8 Å². The molecule has 0 saturated heterocycles. The molecule has 5 heterocycles. The summed E-state index contributed by atoms with van der Waals surface area (Å²) in [6.45, 7) is 0. The van der Waals surface area contributed by atoms with E-state index in [0.717, 1.165) is 16.9 Å². The van der Waals surface area contributed by atoms with Gasteiger partial charge in [-0.25, -0.2) is 4.98 Å². The highest BCUT2D eigenvalue weighted by Crippen LogP contribution is 2.48. The van der Waals surface area contributed by atoms with E-state index in [-0.39, 0.29) is 0 Å². The number of aromatic nitrogens is 3. The summed E-state index contributed by atoms with van der Waals surface area (Å²) in [6.07, 6.45) is 2.06. The van der Waals surface area contributed by atoms with Crippen molar-refractivity contribution >= 4 is 117 Å². The first-order valence-corrected chi connectivity index (χ1v) is 20.6. The first-order chi connectivity index (χ1) is 27.8. The lowest BCUT2D eigenvalue weighted by Gasteiger charge is -2.11. The Kier molecular flexibility index (Phi) is 6.20. The number of nitrogens with zero attached hydrogens (tertiary/aromatic N) is 3. The van der Waals surface area contributed by atoms with Gasteiger partial charge in [-0.05, 0) is 77.0 Å². The summed E-state index contributed by atoms with van der Waals surface area (Å²) in [7, 11) is 0. The summed E-state index contributed by atoms with van der Waals surface area (Å²) in [6, 6.07) is 62.5. The fourth-order valence-electron chi connectivity index (χ4n) is 9.34. The predicted octanol–water partition coefficient (Wildman–Crippen LogP) is 14.8. The Morgan fingerprint density at radius 1 is 0.411 bits per heavy atom. The van der Waals surface area contributed by atoms with Gasteiger partial charge in [-0.15, -0.1) is 22.7 Å². The first-order valence-electron chi connectivity index (χ1n) is 19.0. The van der Waals surface area contributed by atoms with Crippen molar-refractivity contribution in [3.05, 3.63) is 176 Å². The molecule has 0 aliphatic carbocycles. The van der Waals surface area contributed by atoms with Crippen LogP contribution in [0.1, 0.15) is 0 Å². The number of hydrogen-bond acceptors (Lipinski definition) is 3. The van der Waals surface area contributed by atoms with Gasteiger partial charge < -0.3 is 4.57 Å². The van der Waals surface area contributed by atoms with Gasteiger partial charge >= 0.3 is 0 Å². The van der Waals surface area contributed by atoms with Crippen LogP contribution in [0.2, 0.25) is 0 Å². The Labute approximate surface area is 328 Å². The molecule has 0 fully saturated rings. The van der Waals surface area contributed by atoms with E-state index >= 15 is 0 Å². The highest BCUT2D eigenvalue weighted by molar-refractivity contribution is 7.26. The Hall–Kier alpha value is -6.79. The van der Waals surface area contributed by atoms with Crippen LogP contribution in [0.5, 0.6) is 0 Å².